The largest absolute Gasteiger partial charge is 0.278 e. The molecule has 8 heteroatoms. The number of fused-ring (bicyclic) bond motifs is 2. The first-order valence-corrected chi connectivity index (χ1v) is 10.4. The summed E-state index contributed by atoms with van der Waals surface area (Å²) in [6.07, 6.45) is 0. The number of aromatic nitrogens is 2. The fraction of sp³-hybridized carbons (Fsp3) is 0.118. The number of hydrogen-bond donors (Lipinski definition) is 0. The van der Waals surface area contributed by atoms with Crippen LogP contribution in [0.15, 0.2) is 56.6 Å². The zero-order valence-electron chi connectivity index (χ0n) is 13.1. The molecular weight excluding hydrogens is 394 g/mol. The van der Waals surface area contributed by atoms with Gasteiger partial charge in [0.15, 0.2) is 4.34 Å². The number of carbonyl (C=O) groups excluding carboxylic acids is 1. The second-order valence-electron chi connectivity index (χ2n) is 5.29. The van der Waals surface area contributed by atoms with Gasteiger partial charge in [-0.25, -0.2) is 0 Å². The molecule has 0 aliphatic carbocycles. The SMILES string of the molecule is Cc1nnc(SCC(=O)N2c3ccccc3Sc3ccc(Cl)cc32)s1. The molecule has 1 aromatic heterocycles. The van der Waals surface area contributed by atoms with Crippen LogP contribution in [0.3, 0.4) is 0 Å². The summed E-state index contributed by atoms with van der Waals surface area (Å²) in [6.45, 7) is 1.90. The molecule has 3 aromatic rings. The highest BCUT2D eigenvalue weighted by Gasteiger charge is 2.28. The first-order valence-electron chi connectivity index (χ1n) is 7.44. The lowest BCUT2D eigenvalue weighted by atomic mass is 10.2. The van der Waals surface area contributed by atoms with Gasteiger partial charge in [-0.3, -0.25) is 9.69 Å². The fourth-order valence-corrected chi connectivity index (χ4v) is 5.39. The summed E-state index contributed by atoms with van der Waals surface area (Å²) < 4.78 is 0.803. The van der Waals surface area contributed by atoms with Crippen LogP contribution in [0, 0.1) is 6.92 Å². The molecule has 0 saturated heterocycles. The molecule has 0 atom stereocenters. The standard InChI is InChI=1S/C17H12ClN3OS3/c1-10-19-20-17(24-10)23-9-16(22)21-12-4-2-3-5-14(12)25-15-7-6-11(18)8-13(15)21/h2-8H,9H2,1H3. The third kappa shape index (κ3) is 3.42. The number of aryl methyl sites for hydroxylation is 1. The van der Waals surface area contributed by atoms with E-state index in [4.69, 9.17) is 11.6 Å². The van der Waals surface area contributed by atoms with Crippen LogP contribution in [0.1, 0.15) is 5.01 Å². The molecule has 0 bridgehead atoms. The molecule has 1 aliphatic rings. The number of rotatable bonds is 3. The van der Waals surface area contributed by atoms with Gasteiger partial charge >= 0.3 is 0 Å². The van der Waals surface area contributed by atoms with Gasteiger partial charge in [-0.2, -0.15) is 0 Å². The molecule has 4 rings (SSSR count). The summed E-state index contributed by atoms with van der Waals surface area (Å²) in [5, 5.41) is 9.57. The van der Waals surface area contributed by atoms with Gasteiger partial charge in [-0.05, 0) is 37.3 Å². The Hall–Kier alpha value is -1.54. The predicted molar refractivity (Wildman–Crippen MR) is 105 cm³/mol. The lowest BCUT2D eigenvalue weighted by molar-refractivity contribution is -0.115. The number of para-hydroxylation sites is 1. The number of carbonyl (C=O) groups is 1. The number of hydrogen-bond acceptors (Lipinski definition) is 6. The third-order valence-electron chi connectivity index (χ3n) is 3.56. The predicted octanol–water partition coefficient (Wildman–Crippen LogP) is 5.42. The van der Waals surface area contributed by atoms with Crippen molar-refractivity contribution in [3.8, 4) is 0 Å². The second kappa shape index (κ2) is 6.99. The van der Waals surface area contributed by atoms with Crippen LogP contribution < -0.4 is 4.90 Å². The van der Waals surface area contributed by atoms with E-state index in [0.29, 0.717) is 10.8 Å². The van der Waals surface area contributed by atoms with Crippen molar-refractivity contribution in [2.75, 3.05) is 10.7 Å². The van der Waals surface area contributed by atoms with E-state index < -0.39 is 0 Å². The van der Waals surface area contributed by atoms with Gasteiger partial charge in [-0.1, -0.05) is 58.6 Å². The number of benzene rings is 2. The lowest BCUT2D eigenvalue weighted by Gasteiger charge is -2.31. The molecule has 126 valence electrons. The number of nitrogens with zero attached hydrogens (tertiary/aromatic N) is 3. The molecule has 2 aromatic carbocycles. The molecule has 0 unspecified atom stereocenters. The van der Waals surface area contributed by atoms with Crippen molar-refractivity contribution in [1.82, 2.24) is 10.2 Å². The average molecular weight is 406 g/mol. The van der Waals surface area contributed by atoms with E-state index >= 15 is 0 Å². The zero-order valence-corrected chi connectivity index (χ0v) is 16.3. The maximum Gasteiger partial charge on any atom is 0.242 e. The van der Waals surface area contributed by atoms with Crippen LogP contribution in [-0.4, -0.2) is 21.9 Å². The zero-order chi connectivity index (χ0) is 17.4. The third-order valence-corrected chi connectivity index (χ3v) is 6.89. The van der Waals surface area contributed by atoms with Crippen molar-refractivity contribution >= 4 is 63.7 Å². The van der Waals surface area contributed by atoms with Crippen LogP contribution in [0.25, 0.3) is 0 Å². The van der Waals surface area contributed by atoms with Crippen molar-refractivity contribution in [3.05, 3.63) is 52.5 Å². The number of thioether (sulfide) groups is 1. The van der Waals surface area contributed by atoms with E-state index in [-0.39, 0.29) is 5.91 Å². The van der Waals surface area contributed by atoms with Gasteiger partial charge in [-0.15, -0.1) is 10.2 Å². The van der Waals surface area contributed by atoms with Crippen molar-refractivity contribution in [2.45, 2.75) is 21.1 Å². The highest BCUT2D eigenvalue weighted by atomic mass is 35.5. The van der Waals surface area contributed by atoms with Crippen molar-refractivity contribution in [1.29, 1.82) is 0 Å². The molecule has 2 heterocycles. The molecule has 0 N–H and O–H groups in total. The molecule has 1 amide bonds. The van der Waals surface area contributed by atoms with Gasteiger partial charge in [0.2, 0.25) is 5.91 Å². The van der Waals surface area contributed by atoms with E-state index in [1.807, 2.05) is 49.4 Å². The summed E-state index contributed by atoms with van der Waals surface area (Å²) in [6, 6.07) is 13.6. The maximum atomic E-state index is 13.0. The Morgan fingerprint density at radius 1 is 1.16 bits per heavy atom. The summed E-state index contributed by atoms with van der Waals surface area (Å²) in [5.74, 6) is 0.286. The van der Waals surface area contributed by atoms with Crippen molar-refractivity contribution in [2.24, 2.45) is 0 Å². The first-order chi connectivity index (χ1) is 12.1. The number of anilines is 2. The Morgan fingerprint density at radius 3 is 2.76 bits per heavy atom. The fourth-order valence-electron chi connectivity index (χ4n) is 2.52. The van der Waals surface area contributed by atoms with Gasteiger partial charge in [0.25, 0.3) is 0 Å². The normalized spacial score (nSPS) is 12.6. The first kappa shape index (κ1) is 16.9. The summed E-state index contributed by atoms with van der Waals surface area (Å²) >= 11 is 10.7. The molecule has 0 saturated carbocycles. The Kier molecular flexibility index (Phi) is 4.73. The average Bonchev–Trinajstić information content (AvgIpc) is 3.03. The highest BCUT2D eigenvalue weighted by Crippen LogP contribution is 2.49. The minimum atomic E-state index is -0.00544. The Bertz CT molecular complexity index is 960. The van der Waals surface area contributed by atoms with E-state index in [1.54, 1.807) is 16.7 Å². The monoisotopic (exact) mass is 405 g/mol. The van der Waals surface area contributed by atoms with Gasteiger partial charge < -0.3 is 0 Å². The van der Waals surface area contributed by atoms with Gasteiger partial charge in [0.1, 0.15) is 5.01 Å². The second-order valence-corrected chi connectivity index (χ2v) is 9.21. The quantitative estimate of drug-likeness (QED) is 0.544. The van der Waals surface area contributed by atoms with Crippen LogP contribution in [0.5, 0.6) is 0 Å². The maximum absolute atomic E-state index is 13.0. The van der Waals surface area contributed by atoms with E-state index in [2.05, 4.69) is 10.2 Å². The highest BCUT2D eigenvalue weighted by molar-refractivity contribution is 8.01. The minimum absolute atomic E-state index is 0.00544. The molecule has 0 spiro atoms. The van der Waals surface area contributed by atoms with Crippen molar-refractivity contribution < 1.29 is 4.79 Å². The van der Waals surface area contributed by atoms with Crippen LogP contribution in [0.4, 0.5) is 11.4 Å². The Labute approximate surface area is 162 Å². The summed E-state index contributed by atoms with van der Waals surface area (Å²) in [4.78, 5) is 16.9. The Morgan fingerprint density at radius 2 is 1.96 bits per heavy atom. The van der Waals surface area contributed by atoms with Crippen LogP contribution >= 0.6 is 46.5 Å². The summed E-state index contributed by atoms with van der Waals surface area (Å²) in [7, 11) is 0. The molecule has 0 fully saturated rings. The molecule has 1 aliphatic heterocycles. The molecule has 0 radical (unpaired) electrons. The smallest absolute Gasteiger partial charge is 0.242 e. The van der Waals surface area contributed by atoms with Crippen molar-refractivity contribution in [3.63, 3.8) is 0 Å². The summed E-state index contributed by atoms with van der Waals surface area (Å²) in [5.41, 5.74) is 1.72. The van der Waals surface area contributed by atoms with Gasteiger partial charge in [0.05, 0.1) is 17.1 Å². The van der Waals surface area contributed by atoms with E-state index in [0.717, 1.165) is 30.5 Å². The number of halogens is 1. The molecular formula is C17H12ClN3OS3. The van der Waals surface area contributed by atoms with Crippen LogP contribution in [-0.2, 0) is 4.79 Å². The number of amides is 1. The van der Waals surface area contributed by atoms with Crippen LogP contribution in [0.2, 0.25) is 5.02 Å². The van der Waals surface area contributed by atoms with E-state index in [9.17, 15) is 4.79 Å². The minimum Gasteiger partial charge on any atom is -0.278 e. The topological polar surface area (TPSA) is 46.1 Å². The lowest BCUT2D eigenvalue weighted by Crippen LogP contribution is -2.30. The Balaban J connectivity index is 1.67. The molecule has 25 heavy (non-hydrogen) atoms. The van der Waals surface area contributed by atoms with Gasteiger partial charge in [0, 0.05) is 14.8 Å². The molecule has 4 nitrogen and oxygen atoms in total. The van der Waals surface area contributed by atoms with E-state index in [1.165, 1.54) is 23.1 Å².